The fraction of sp³-hybridized carbons (Fsp3) is 0.833. The summed E-state index contributed by atoms with van der Waals surface area (Å²) in [6.07, 6.45) is 0. The van der Waals surface area contributed by atoms with Crippen LogP contribution in [0.5, 0.6) is 0 Å². The highest BCUT2D eigenvalue weighted by Crippen LogP contribution is 2.41. The summed E-state index contributed by atoms with van der Waals surface area (Å²) in [6, 6.07) is 0. The average molecular weight is 341 g/mol. The third-order valence-electron chi connectivity index (χ3n) is 4.91. The van der Waals surface area contributed by atoms with Crippen LogP contribution in [0.25, 0.3) is 0 Å². The normalized spacial score (nSPS) is 24.0. The number of carbonyl (C=O) groups is 1. The Hall–Kier alpha value is -0.833. The Morgan fingerprint density at radius 3 is 1.87 bits per heavy atom. The zero-order chi connectivity index (χ0) is 18.1. The van der Waals surface area contributed by atoms with Gasteiger partial charge < -0.3 is 14.2 Å². The lowest BCUT2D eigenvalue weighted by Crippen LogP contribution is -2.46. The fourth-order valence-electron chi connectivity index (χ4n) is 3.77. The van der Waals surface area contributed by atoms with Crippen molar-refractivity contribution < 1.29 is 19.0 Å². The summed E-state index contributed by atoms with van der Waals surface area (Å²) in [7, 11) is -0.592. The van der Waals surface area contributed by atoms with E-state index in [0.717, 1.165) is 0 Å². The van der Waals surface area contributed by atoms with Gasteiger partial charge in [0.15, 0.2) is 5.79 Å². The molecule has 1 unspecified atom stereocenters. The molecule has 1 atom stereocenters. The monoisotopic (exact) mass is 340 g/mol. The molecule has 1 aliphatic rings. The highest BCUT2D eigenvalue weighted by molar-refractivity contribution is 6.90. The van der Waals surface area contributed by atoms with Crippen LogP contribution in [0.3, 0.4) is 0 Å². The molecular formula is C18H32O4Si. The van der Waals surface area contributed by atoms with E-state index in [4.69, 9.17) is 14.2 Å². The van der Waals surface area contributed by atoms with Crippen LogP contribution in [0.4, 0.5) is 0 Å². The van der Waals surface area contributed by atoms with Gasteiger partial charge in [0.2, 0.25) is 0 Å². The topological polar surface area (TPSA) is 44.8 Å². The predicted molar refractivity (Wildman–Crippen MR) is 94.7 cm³/mol. The molecule has 1 rings (SSSR count). The van der Waals surface area contributed by atoms with Crippen LogP contribution in [0.2, 0.25) is 16.6 Å². The largest absolute Gasteiger partial charge is 0.466 e. The van der Waals surface area contributed by atoms with Crippen molar-refractivity contribution >= 4 is 14.0 Å². The first kappa shape index (κ1) is 20.2. The van der Waals surface area contributed by atoms with Crippen LogP contribution in [0.15, 0.2) is 0 Å². The molecule has 1 aliphatic heterocycles. The summed E-state index contributed by atoms with van der Waals surface area (Å²) in [5, 5.41) is 0. The number of carbonyl (C=O) groups excluding carboxylic acids is 1. The molecule has 1 saturated heterocycles. The van der Waals surface area contributed by atoms with E-state index in [1.807, 2.05) is 0 Å². The second-order valence-electron chi connectivity index (χ2n) is 7.76. The van der Waals surface area contributed by atoms with Gasteiger partial charge in [-0.05, 0) is 30.5 Å². The molecule has 23 heavy (non-hydrogen) atoms. The van der Waals surface area contributed by atoms with Gasteiger partial charge in [0.1, 0.15) is 14.7 Å². The maximum atomic E-state index is 12.3. The highest BCUT2D eigenvalue weighted by Gasteiger charge is 2.52. The van der Waals surface area contributed by atoms with Gasteiger partial charge in [-0.25, -0.2) is 4.79 Å². The van der Waals surface area contributed by atoms with Crippen molar-refractivity contribution in [3.63, 3.8) is 0 Å². The SMILES string of the molecule is COC(=O)C1(C#C[Si](C(C)C)(C(C)C)C(C)C)COC(C)(C)O1. The minimum Gasteiger partial charge on any atom is -0.466 e. The molecule has 0 aromatic heterocycles. The summed E-state index contributed by atoms with van der Waals surface area (Å²) >= 11 is 0. The zero-order valence-electron chi connectivity index (χ0n) is 16.1. The third-order valence-corrected chi connectivity index (χ3v) is 11.2. The molecule has 132 valence electrons. The lowest BCUT2D eigenvalue weighted by Gasteiger charge is -2.38. The summed E-state index contributed by atoms with van der Waals surface area (Å²) in [5.41, 5.74) is 3.70. The van der Waals surface area contributed by atoms with Gasteiger partial charge in [-0.3, -0.25) is 0 Å². The minimum absolute atomic E-state index is 0.110. The Bertz CT molecular complexity index is 477. The number of esters is 1. The molecule has 0 spiro atoms. The van der Waals surface area contributed by atoms with E-state index in [2.05, 4.69) is 53.0 Å². The first-order valence-electron chi connectivity index (χ1n) is 8.40. The van der Waals surface area contributed by atoms with Gasteiger partial charge in [0, 0.05) is 0 Å². The molecule has 1 fully saturated rings. The van der Waals surface area contributed by atoms with Gasteiger partial charge in [-0.1, -0.05) is 47.5 Å². The quantitative estimate of drug-likeness (QED) is 0.442. The second kappa shape index (κ2) is 6.96. The molecule has 0 amide bonds. The fourth-order valence-corrected chi connectivity index (χ4v) is 9.06. The first-order valence-corrected chi connectivity index (χ1v) is 10.6. The van der Waals surface area contributed by atoms with Crippen LogP contribution in [-0.4, -0.2) is 39.1 Å². The summed E-state index contributed by atoms with van der Waals surface area (Å²) in [5.74, 6) is 1.87. The van der Waals surface area contributed by atoms with E-state index >= 15 is 0 Å². The lowest BCUT2D eigenvalue weighted by molar-refractivity contribution is -0.178. The van der Waals surface area contributed by atoms with Gasteiger partial charge in [-0.15, -0.1) is 5.54 Å². The Morgan fingerprint density at radius 1 is 1.09 bits per heavy atom. The molecular weight excluding hydrogens is 308 g/mol. The number of hydrogen-bond acceptors (Lipinski definition) is 4. The van der Waals surface area contributed by atoms with E-state index in [1.165, 1.54) is 7.11 Å². The number of methoxy groups -OCH3 is 1. The van der Waals surface area contributed by atoms with E-state index in [0.29, 0.717) is 16.6 Å². The van der Waals surface area contributed by atoms with Crippen molar-refractivity contribution in [3.8, 4) is 11.5 Å². The summed E-state index contributed by atoms with van der Waals surface area (Å²) < 4.78 is 16.4. The van der Waals surface area contributed by atoms with Gasteiger partial charge in [-0.2, -0.15) is 0 Å². The molecule has 0 aliphatic carbocycles. The summed E-state index contributed by atoms with van der Waals surface area (Å²) in [6.45, 7) is 17.1. The van der Waals surface area contributed by atoms with Crippen molar-refractivity contribution in [1.82, 2.24) is 0 Å². The van der Waals surface area contributed by atoms with Crippen molar-refractivity contribution in [2.75, 3.05) is 13.7 Å². The van der Waals surface area contributed by atoms with Crippen LogP contribution in [0, 0.1) is 11.5 Å². The lowest BCUT2D eigenvalue weighted by atomic mass is 10.1. The molecule has 0 saturated carbocycles. The van der Waals surface area contributed by atoms with Gasteiger partial charge in [0.25, 0.3) is 5.60 Å². The molecule has 0 aromatic rings. The maximum absolute atomic E-state index is 12.3. The van der Waals surface area contributed by atoms with Gasteiger partial charge in [0.05, 0.1) is 7.11 Å². The molecule has 4 nitrogen and oxygen atoms in total. The van der Waals surface area contributed by atoms with E-state index in [1.54, 1.807) is 13.8 Å². The number of hydrogen-bond donors (Lipinski definition) is 0. The Kier molecular flexibility index (Phi) is 6.12. The molecule has 5 heteroatoms. The predicted octanol–water partition coefficient (Wildman–Crippen LogP) is 3.90. The van der Waals surface area contributed by atoms with Crippen LogP contribution >= 0.6 is 0 Å². The minimum atomic E-state index is -1.95. The van der Waals surface area contributed by atoms with E-state index < -0.39 is 25.4 Å². The summed E-state index contributed by atoms with van der Waals surface area (Å²) in [4.78, 5) is 12.3. The Labute approximate surface area is 142 Å². The van der Waals surface area contributed by atoms with Crippen molar-refractivity contribution in [2.45, 2.75) is 83.4 Å². The molecule has 0 radical (unpaired) electrons. The molecule has 0 bridgehead atoms. The second-order valence-corrected chi connectivity index (χ2v) is 13.3. The van der Waals surface area contributed by atoms with Crippen LogP contribution in [0.1, 0.15) is 55.4 Å². The smallest absolute Gasteiger partial charge is 0.353 e. The van der Waals surface area contributed by atoms with Crippen LogP contribution < -0.4 is 0 Å². The third kappa shape index (κ3) is 3.81. The van der Waals surface area contributed by atoms with Crippen molar-refractivity contribution in [2.24, 2.45) is 0 Å². The number of ether oxygens (including phenoxy) is 3. The van der Waals surface area contributed by atoms with E-state index in [-0.39, 0.29) is 6.61 Å². The Balaban J connectivity index is 3.38. The first-order chi connectivity index (χ1) is 10.4. The molecule has 1 heterocycles. The highest BCUT2D eigenvalue weighted by atomic mass is 28.3. The van der Waals surface area contributed by atoms with Gasteiger partial charge >= 0.3 is 5.97 Å². The molecule has 0 N–H and O–H groups in total. The zero-order valence-corrected chi connectivity index (χ0v) is 17.1. The average Bonchev–Trinajstić information content (AvgIpc) is 2.74. The number of rotatable bonds is 4. The Morgan fingerprint density at radius 2 is 1.57 bits per heavy atom. The van der Waals surface area contributed by atoms with Crippen molar-refractivity contribution in [1.29, 1.82) is 0 Å². The maximum Gasteiger partial charge on any atom is 0.353 e. The molecule has 0 aromatic carbocycles. The van der Waals surface area contributed by atoms with Crippen molar-refractivity contribution in [3.05, 3.63) is 0 Å². The van der Waals surface area contributed by atoms with E-state index in [9.17, 15) is 4.79 Å². The van der Waals surface area contributed by atoms with Crippen LogP contribution in [-0.2, 0) is 19.0 Å². The standard InChI is InChI=1S/C18H32O4Si/c1-13(2)23(14(3)4,15(5)6)11-10-18(16(19)20-9)12-21-17(7,8)22-18/h13-15H,12H2,1-9H3.